The number of nitro benzene ring substituents is 1. The van der Waals surface area contributed by atoms with E-state index >= 15 is 0 Å². The summed E-state index contributed by atoms with van der Waals surface area (Å²) in [6.45, 7) is 3.97. The van der Waals surface area contributed by atoms with Gasteiger partial charge in [0.05, 0.1) is 23.5 Å². The smallest absolute Gasteiger partial charge is 0.288 e. The third-order valence-corrected chi connectivity index (χ3v) is 6.57. The van der Waals surface area contributed by atoms with E-state index in [0.29, 0.717) is 15.8 Å². The zero-order valence-electron chi connectivity index (χ0n) is 15.7. The lowest BCUT2D eigenvalue weighted by Gasteiger charge is -2.46. The van der Waals surface area contributed by atoms with Gasteiger partial charge in [0.2, 0.25) is 5.72 Å². The van der Waals surface area contributed by atoms with Gasteiger partial charge in [-0.25, -0.2) is 4.39 Å². The van der Waals surface area contributed by atoms with Gasteiger partial charge in [0.25, 0.3) is 5.69 Å². The van der Waals surface area contributed by atoms with Crippen LogP contribution in [0.3, 0.4) is 0 Å². The summed E-state index contributed by atoms with van der Waals surface area (Å²) in [5, 5.41) is 11.4. The summed E-state index contributed by atoms with van der Waals surface area (Å²) in [7, 11) is 3.32. The van der Waals surface area contributed by atoms with Crippen LogP contribution >= 0.6 is 15.9 Å². The highest BCUT2D eigenvalue weighted by Crippen LogP contribution is 2.57. The molecule has 0 N–H and O–H groups in total. The van der Waals surface area contributed by atoms with E-state index in [9.17, 15) is 14.5 Å². The van der Waals surface area contributed by atoms with Gasteiger partial charge in [-0.2, -0.15) is 0 Å². The zero-order valence-corrected chi connectivity index (χ0v) is 17.3. The van der Waals surface area contributed by atoms with Gasteiger partial charge in [-0.15, -0.1) is 0 Å². The summed E-state index contributed by atoms with van der Waals surface area (Å²) in [6, 6.07) is 6.02. The van der Waals surface area contributed by atoms with E-state index in [2.05, 4.69) is 15.9 Å². The van der Waals surface area contributed by atoms with Crippen molar-refractivity contribution in [1.29, 1.82) is 0 Å². The molecule has 1 spiro atoms. The monoisotopic (exact) mass is 448 g/mol. The molecule has 6 nitrogen and oxygen atoms in total. The lowest BCUT2D eigenvalue weighted by molar-refractivity contribution is -0.385. The first-order valence-electron chi connectivity index (χ1n) is 8.61. The van der Waals surface area contributed by atoms with Crippen LogP contribution in [0, 0.1) is 15.9 Å². The van der Waals surface area contributed by atoms with Crippen molar-refractivity contribution in [3.05, 3.63) is 61.9 Å². The third-order valence-electron chi connectivity index (χ3n) is 5.73. The lowest BCUT2D eigenvalue weighted by Crippen LogP contribution is -2.58. The molecule has 2 aliphatic heterocycles. The molecule has 2 heterocycles. The van der Waals surface area contributed by atoms with E-state index in [1.54, 1.807) is 12.1 Å². The fraction of sp³-hybridized carbons (Fsp3) is 0.300. The molecular formula is C20H18BrFN2O4. The standard InChI is InChI=1S/C20H18BrFN2O4/c1-19(2)13-9-11(22)5-6-14(13)23(3)20(19)8-7-12-17(21)15(24(25)26)10-16(27-4)18(12)28-20/h5-10H,1-4H3. The van der Waals surface area contributed by atoms with E-state index < -0.39 is 16.1 Å². The molecule has 4 rings (SSSR count). The fourth-order valence-electron chi connectivity index (χ4n) is 4.16. The van der Waals surface area contributed by atoms with Crippen LogP contribution in [0.15, 0.2) is 34.8 Å². The van der Waals surface area contributed by atoms with Crippen molar-refractivity contribution in [1.82, 2.24) is 0 Å². The summed E-state index contributed by atoms with van der Waals surface area (Å²) < 4.78 is 26.2. The van der Waals surface area contributed by atoms with E-state index in [1.165, 1.54) is 25.3 Å². The summed E-state index contributed by atoms with van der Waals surface area (Å²) in [5.41, 5.74) is 0.556. The minimum Gasteiger partial charge on any atom is -0.493 e. The Kier molecular flexibility index (Phi) is 3.98. The molecule has 0 saturated heterocycles. The SMILES string of the molecule is COc1cc([N+](=O)[O-])c(Br)c2c1OC1(C=C2)N(C)c2ccc(F)cc2C1(C)C. The van der Waals surface area contributed by atoms with Crippen LogP contribution in [-0.2, 0) is 5.41 Å². The maximum atomic E-state index is 14.0. The van der Waals surface area contributed by atoms with Crippen molar-refractivity contribution in [2.45, 2.75) is 25.0 Å². The highest BCUT2D eigenvalue weighted by atomic mass is 79.9. The molecule has 0 amide bonds. The molecule has 1 atom stereocenters. The molecule has 0 fully saturated rings. The largest absolute Gasteiger partial charge is 0.493 e. The zero-order chi connectivity index (χ0) is 20.4. The topological polar surface area (TPSA) is 64.8 Å². The van der Waals surface area contributed by atoms with Gasteiger partial charge in [-0.1, -0.05) is 0 Å². The van der Waals surface area contributed by atoms with Gasteiger partial charge in [0.1, 0.15) is 10.3 Å². The number of ether oxygens (including phenoxy) is 2. The second kappa shape index (κ2) is 5.94. The van der Waals surface area contributed by atoms with Crippen molar-refractivity contribution in [3.63, 3.8) is 0 Å². The summed E-state index contributed by atoms with van der Waals surface area (Å²) in [4.78, 5) is 12.9. The van der Waals surface area contributed by atoms with Crippen molar-refractivity contribution < 1.29 is 18.8 Å². The first kappa shape index (κ1) is 18.7. The summed E-state index contributed by atoms with van der Waals surface area (Å²) in [6.07, 6.45) is 3.65. The van der Waals surface area contributed by atoms with E-state index in [4.69, 9.17) is 9.47 Å². The van der Waals surface area contributed by atoms with Crippen molar-refractivity contribution >= 4 is 33.4 Å². The number of hydrogen-bond donors (Lipinski definition) is 0. The molecule has 2 aromatic carbocycles. The number of benzene rings is 2. The predicted molar refractivity (Wildman–Crippen MR) is 108 cm³/mol. The van der Waals surface area contributed by atoms with Crippen LogP contribution in [0.5, 0.6) is 11.5 Å². The summed E-state index contributed by atoms with van der Waals surface area (Å²) in [5.74, 6) is 0.351. The van der Waals surface area contributed by atoms with E-state index in [1.807, 2.05) is 31.9 Å². The Morgan fingerprint density at radius 3 is 2.68 bits per heavy atom. The third kappa shape index (κ3) is 2.24. The second-order valence-corrected chi connectivity index (χ2v) is 8.18. The fourth-order valence-corrected chi connectivity index (χ4v) is 4.73. The minimum atomic E-state index is -0.945. The van der Waals surface area contributed by atoms with Crippen LogP contribution in [0.2, 0.25) is 0 Å². The molecule has 0 aliphatic carbocycles. The average molecular weight is 449 g/mol. The van der Waals surface area contributed by atoms with Gasteiger partial charge >= 0.3 is 0 Å². The van der Waals surface area contributed by atoms with Crippen LogP contribution < -0.4 is 14.4 Å². The first-order valence-corrected chi connectivity index (χ1v) is 9.40. The molecule has 8 heteroatoms. The van der Waals surface area contributed by atoms with Gasteiger partial charge in [-0.3, -0.25) is 10.1 Å². The molecule has 0 radical (unpaired) electrons. The Bertz CT molecular complexity index is 1050. The number of hydrogen-bond acceptors (Lipinski definition) is 5. The number of likely N-dealkylation sites (N-methyl/N-ethyl adjacent to an activating group) is 1. The quantitative estimate of drug-likeness (QED) is 0.475. The molecule has 2 aromatic rings. The Hall–Kier alpha value is -2.61. The predicted octanol–water partition coefficient (Wildman–Crippen LogP) is 5.03. The van der Waals surface area contributed by atoms with Gasteiger partial charge < -0.3 is 14.4 Å². The Labute approximate surface area is 169 Å². The molecule has 0 aromatic heterocycles. The number of halogens is 2. The molecule has 28 heavy (non-hydrogen) atoms. The molecule has 0 bridgehead atoms. The average Bonchev–Trinajstić information content (AvgIpc) is 2.80. The molecule has 2 aliphatic rings. The highest BCUT2D eigenvalue weighted by molar-refractivity contribution is 9.10. The number of anilines is 1. The normalized spacial score (nSPS) is 21.3. The highest BCUT2D eigenvalue weighted by Gasteiger charge is 2.58. The number of fused-ring (bicyclic) bond motifs is 2. The van der Waals surface area contributed by atoms with Gasteiger partial charge in [0.15, 0.2) is 11.5 Å². The van der Waals surface area contributed by atoms with Gasteiger partial charge in [-0.05, 0) is 65.7 Å². The number of rotatable bonds is 2. The molecule has 0 saturated carbocycles. The van der Waals surface area contributed by atoms with Crippen LogP contribution in [-0.4, -0.2) is 24.8 Å². The van der Waals surface area contributed by atoms with Crippen LogP contribution in [0.25, 0.3) is 6.08 Å². The van der Waals surface area contributed by atoms with Crippen molar-refractivity contribution in [3.8, 4) is 11.5 Å². The lowest BCUT2D eigenvalue weighted by atomic mass is 9.76. The van der Waals surface area contributed by atoms with Crippen LogP contribution in [0.1, 0.15) is 25.0 Å². The maximum Gasteiger partial charge on any atom is 0.288 e. The number of nitro groups is 1. The van der Waals surface area contributed by atoms with Crippen LogP contribution in [0.4, 0.5) is 15.8 Å². The second-order valence-electron chi connectivity index (χ2n) is 7.39. The van der Waals surface area contributed by atoms with E-state index in [0.717, 1.165) is 11.3 Å². The summed E-state index contributed by atoms with van der Waals surface area (Å²) >= 11 is 3.32. The van der Waals surface area contributed by atoms with Crippen molar-refractivity contribution in [2.75, 3.05) is 19.1 Å². The Morgan fingerprint density at radius 2 is 2.04 bits per heavy atom. The number of methoxy groups -OCH3 is 1. The first-order chi connectivity index (χ1) is 13.1. The van der Waals surface area contributed by atoms with Crippen molar-refractivity contribution in [2.24, 2.45) is 0 Å². The van der Waals surface area contributed by atoms with E-state index in [-0.39, 0.29) is 17.3 Å². The molecule has 1 unspecified atom stereocenters. The number of nitrogens with zero attached hydrogens (tertiary/aromatic N) is 2. The Balaban J connectivity index is 1.93. The minimum absolute atomic E-state index is 0.107. The maximum absolute atomic E-state index is 14.0. The molecular weight excluding hydrogens is 431 g/mol. The molecule has 146 valence electrons. The van der Waals surface area contributed by atoms with Gasteiger partial charge in [0, 0.05) is 18.3 Å². The Morgan fingerprint density at radius 1 is 1.32 bits per heavy atom.